The maximum absolute atomic E-state index is 10.7. The van der Waals surface area contributed by atoms with Crippen molar-refractivity contribution in [3.8, 4) is 0 Å². The average molecular weight is 421 g/mol. The van der Waals surface area contributed by atoms with Crippen LogP contribution < -0.4 is 0 Å². The highest BCUT2D eigenvalue weighted by molar-refractivity contribution is 7.46. The first-order chi connectivity index (χ1) is 13.5. The second-order valence-corrected chi connectivity index (χ2v) is 8.92. The highest BCUT2D eigenvalue weighted by Gasteiger charge is 2.28. The van der Waals surface area contributed by atoms with Gasteiger partial charge in [0.05, 0.1) is 13.2 Å². The van der Waals surface area contributed by atoms with Crippen molar-refractivity contribution in [1.29, 1.82) is 0 Å². The number of hydrogen-bond acceptors (Lipinski definition) is 4. The molecule has 2 atom stereocenters. The number of unbranched alkanes of at least 4 members (excludes halogenated alkanes) is 11. The van der Waals surface area contributed by atoms with Gasteiger partial charge in [0, 0.05) is 0 Å². The number of phosphoric acid groups is 1. The second-order valence-electron chi connectivity index (χ2n) is 7.68. The maximum atomic E-state index is 10.7. The number of ether oxygens (including phenoxy) is 2. The number of rotatable bonds is 18. The molecule has 0 spiro atoms. The molecule has 166 valence electrons. The molecule has 0 amide bonds. The highest BCUT2D eigenvalue weighted by Crippen LogP contribution is 2.36. The minimum Gasteiger partial charge on any atom is -0.350 e. The molecule has 1 aliphatic heterocycles. The molecule has 1 rings (SSSR count). The number of phosphoric ester groups is 1. The van der Waals surface area contributed by atoms with Gasteiger partial charge in [-0.25, -0.2) is 4.57 Å². The molecule has 0 aromatic heterocycles. The highest BCUT2D eigenvalue weighted by atomic mass is 31.2. The zero-order valence-electron chi connectivity index (χ0n) is 17.6. The predicted octanol–water partition coefficient (Wildman–Crippen LogP) is 5.87. The largest absolute Gasteiger partial charge is 0.469 e. The van der Waals surface area contributed by atoms with E-state index in [0.717, 1.165) is 19.3 Å². The monoisotopic (exact) mass is 420 g/mol. The van der Waals surface area contributed by atoms with Gasteiger partial charge in [0.15, 0.2) is 6.29 Å². The van der Waals surface area contributed by atoms with Gasteiger partial charge in [0.2, 0.25) is 0 Å². The number of allylic oxidation sites excluding steroid dienone is 2. The Hall–Kier alpha value is -0.230. The van der Waals surface area contributed by atoms with Gasteiger partial charge in [-0.05, 0) is 38.5 Å². The van der Waals surface area contributed by atoms with Crippen LogP contribution in [0.15, 0.2) is 12.2 Å². The SMILES string of the molecule is CCCCCCCC/C=C/CCCCCCCC1OCC(COP(=O)(O)O)O1. The van der Waals surface area contributed by atoms with Gasteiger partial charge >= 0.3 is 7.82 Å². The molecule has 2 unspecified atom stereocenters. The third-order valence-corrected chi connectivity index (χ3v) is 5.43. The molecule has 0 aromatic carbocycles. The van der Waals surface area contributed by atoms with E-state index in [9.17, 15) is 4.57 Å². The van der Waals surface area contributed by atoms with E-state index in [-0.39, 0.29) is 19.0 Å². The molecule has 1 fully saturated rings. The van der Waals surface area contributed by atoms with Crippen LogP contribution in [-0.2, 0) is 18.6 Å². The smallest absolute Gasteiger partial charge is 0.350 e. The third kappa shape index (κ3) is 15.7. The van der Waals surface area contributed by atoms with Crippen LogP contribution in [0.4, 0.5) is 0 Å². The minimum atomic E-state index is -4.43. The first-order valence-electron chi connectivity index (χ1n) is 11.1. The van der Waals surface area contributed by atoms with E-state index >= 15 is 0 Å². The summed E-state index contributed by atoms with van der Waals surface area (Å²) < 4.78 is 26.2. The molecule has 28 heavy (non-hydrogen) atoms. The van der Waals surface area contributed by atoms with Crippen LogP contribution in [0.25, 0.3) is 0 Å². The van der Waals surface area contributed by atoms with Gasteiger partial charge in [-0.3, -0.25) is 4.52 Å². The van der Waals surface area contributed by atoms with Crippen LogP contribution in [-0.4, -0.2) is 35.4 Å². The van der Waals surface area contributed by atoms with Crippen LogP contribution >= 0.6 is 7.82 Å². The minimum absolute atomic E-state index is 0.132. The molecule has 6 nitrogen and oxygen atoms in total. The molecule has 0 saturated carbocycles. The van der Waals surface area contributed by atoms with Crippen LogP contribution in [0.5, 0.6) is 0 Å². The van der Waals surface area contributed by atoms with E-state index in [1.54, 1.807) is 0 Å². The van der Waals surface area contributed by atoms with Crippen molar-refractivity contribution < 1.29 is 28.3 Å². The van der Waals surface area contributed by atoms with Crippen molar-refractivity contribution in [3.05, 3.63) is 12.2 Å². The maximum Gasteiger partial charge on any atom is 0.469 e. The standard InChI is InChI=1S/C21H41O6P/c1-2-3-4-5-6-7-8-9-10-11-12-13-14-15-16-17-21-25-18-20(27-21)19-26-28(22,23)24/h9-10,20-21H,2-8,11-19H2,1H3,(H2,22,23,24)/b10-9+. The van der Waals surface area contributed by atoms with Crippen molar-refractivity contribution in [2.75, 3.05) is 13.2 Å². The fourth-order valence-corrected chi connectivity index (χ4v) is 3.67. The van der Waals surface area contributed by atoms with E-state index in [2.05, 4.69) is 23.6 Å². The Morgan fingerprint density at radius 3 is 2.11 bits per heavy atom. The Bertz CT molecular complexity index is 437. The van der Waals surface area contributed by atoms with E-state index in [1.807, 2.05) is 0 Å². The lowest BCUT2D eigenvalue weighted by Gasteiger charge is -2.12. The van der Waals surface area contributed by atoms with E-state index in [4.69, 9.17) is 19.3 Å². The number of hydrogen-bond donors (Lipinski definition) is 2. The molecule has 1 heterocycles. The van der Waals surface area contributed by atoms with Gasteiger partial charge in [0.1, 0.15) is 6.10 Å². The normalized spacial score (nSPS) is 20.4. The summed E-state index contributed by atoms with van der Waals surface area (Å²) in [7, 11) is -4.43. The molecule has 1 aliphatic rings. The van der Waals surface area contributed by atoms with Gasteiger partial charge in [0.25, 0.3) is 0 Å². The Morgan fingerprint density at radius 1 is 0.929 bits per heavy atom. The summed E-state index contributed by atoms with van der Waals surface area (Å²) in [6, 6.07) is 0. The fourth-order valence-electron chi connectivity index (χ4n) is 3.31. The summed E-state index contributed by atoms with van der Waals surface area (Å²) in [5.41, 5.74) is 0. The quantitative estimate of drug-likeness (QED) is 0.164. The van der Waals surface area contributed by atoms with Crippen molar-refractivity contribution in [3.63, 3.8) is 0 Å². The molecule has 2 N–H and O–H groups in total. The van der Waals surface area contributed by atoms with Crippen LogP contribution in [0.1, 0.15) is 96.8 Å². The zero-order valence-corrected chi connectivity index (χ0v) is 18.5. The fraction of sp³-hybridized carbons (Fsp3) is 0.905. The summed E-state index contributed by atoms with van der Waals surface area (Å²) in [4.78, 5) is 17.4. The Labute approximate surface area is 171 Å². The van der Waals surface area contributed by atoms with Crippen LogP contribution in [0.2, 0.25) is 0 Å². The Morgan fingerprint density at radius 2 is 1.50 bits per heavy atom. The van der Waals surface area contributed by atoms with E-state index in [0.29, 0.717) is 6.61 Å². The first-order valence-corrected chi connectivity index (χ1v) is 12.7. The Kier molecular flexibility index (Phi) is 15.3. The summed E-state index contributed by atoms with van der Waals surface area (Å²) >= 11 is 0. The van der Waals surface area contributed by atoms with Crippen LogP contribution in [0, 0.1) is 0 Å². The molecule has 7 heteroatoms. The summed E-state index contributed by atoms with van der Waals surface area (Å²) in [5.74, 6) is 0. The lowest BCUT2D eigenvalue weighted by Crippen LogP contribution is -2.18. The van der Waals surface area contributed by atoms with Gasteiger partial charge < -0.3 is 19.3 Å². The molecule has 0 aromatic rings. The lowest BCUT2D eigenvalue weighted by atomic mass is 10.1. The van der Waals surface area contributed by atoms with E-state index in [1.165, 1.54) is 70.6 Å². The summed E-state index contributed by atoms with van der Waals surface area (Å²) in [6.45, 7) is 2.45. The molecule has 0 radical (unpaired) electrons. The van der Waals surface area contributed by atoms with Crippen molar-refractivity contribution >= 4 is 7.82 Å². The molecule has 0 bridgehead atoms. The topological polar surface area (TPSA) is 85.2 Å². The predicted molar refractivity (Wildman–Crippen MR) is 112 cm³/mol. The zero-order chi connectivity index (χ0) is 20.5. The van der Waals surface area contributed by atoms with Crippen molar-refractivity contribution in [2.24, 2.45) is 0 Å². The summed E-state index contributed by atoms with van der Waals surface area (Å²) in [6.07, 6.45) is 21.4. The molecular formula is C21H41O6P. The third-order valence-electron chi connectivity index (χ3n) is 4.94. The van der Waals surface area contributed by atoms with Gasteiger partial charge in [-0.2, -0.15) is 0 Å². The summed E-state index contributed by atoms with van der Waals surface area (Å²) in [5, 5.41) is 0. The van der Waals surface area contributed by atoms with Gasteiger partial charge in [-0.15, -0.1) is 0 Å². The van der Waals surface area contributed by atoms with Gasteiger partial charge in [-0.1, -0.05) is 70.4 Å². The van der Waals surface area contributed by atoms with Crippen LogP contribution in [0.3, 0.4) is 0 Å². The van der Waals surface area contributed by atoms with E-state index < -0.39 is 7.82 Å². The average Bonchev–Trinajstić information content (AvgIpc) is 3.10. The van der Waals surface area contributed by atoms with Crippen molar-refractivity contribution in [1.82, 2.24) is 0 Å². The Balaban J connectivity index is 1.83. The van der Waals surface area contributed by atoms with Crippen molar-refractivity contribution in [2.45, 2.75) is 109 Å². The molecular weight excluding hydrogens is 379 g/mol. The second kappa shape index (κ2) is 16.6. The lowest BCUT2D eigenvalue weighted by molar-refractivity contribution is -0.0698. The molecule has 0 aliphatic carbocycles. The molecule has 1 saturated heterocycles. The first kappa shape index (κ1) is 25.8.